The Morgan fingerprint density at radius 2 is 2.30 bits per heavy atom. The fourth-order valence-corrected chi connectivity index (χ4v) is 3.26. The van der Waals surface area contributed by atoms with E-state index in [-0.39, 0.29) is 5.69 Å². The molecule has 0 atom stereocenters. The van der Waals surface area contributed by atoms with Gasteiger partial charge in [-0.1, -0.05) is 22.9 Å². The predicted molar refractivity (Wildman–Crippen MR) is 84.2 cm³/mol. The molecule has 0 bridgehead atoms. The Balaban J connectivity index is 2.32. The normalized spacial score (nSPS) is 10.9. The van der Waals surface area contributed by atoms with E-state index in [1.807, 2.05) is 26.1 Å². The van der Waals surface area contributed by atoms with Gasteiger partial charge in [-0.15, -0.1) is 5.10 Å². The Morgan fingerprint density at radius 1 is 1.50 bits per heavy atom. The van der Waals surface area contributed by atoms with Crippen molar-refractivity contribution < 1.29 is 0 Å². The number of hydrogen-bond donors (Lipinski definition) is 2. The van der Waals surface area contributed by atoms with Gasteiger partial charge in [-0.2, -0.15) is 0 Å². The van der Waals surface area contributed by atoms with Crippen molar-refractivity contribution in [2.24, 2.45) is 0 Å². The van der Waals surface area contributed by atoms with E-state index in [9.17, 15) is 4.79 Å². The molecule has 0 aliphatic carbocycles. The van der Waals surface area contributed by atoms with Crippen LogP contribution in [-0.4, -0.2) is 21.8 Å². The van der Waals surface area contributed by atoms with Crippen LogP contribution in [0.1, 0.15) is 18.9 Å². The quantitative estimate of drug-likeness (QED) is 0.834. The zero-order valence-electron chi connectivity index (χ0n) is 11.4. The summed E-state index contributed by atoms with van der Waals surface area (Å²) in [6.45, 7) is 3.49. The Kier molecular flexibility index (Phi) is 5.45. The van der Waals surface area contributed by atoms with Crippen molar-refractivity contribution in [3.05, 3.63) is 38.7 Å². The maximum absolute atomic E-state index is 11.7. The van der Waals surface area contributed by atoms with Crippen molar-refractivity contribution in [1.29, 1.82) is 0 Å². The fraction of sp³-hybridized carbons (Fsp3) is 0.385. The molecule has 1 aromatic carbocycles. The molecule has 0 spiro atoms. The van der Waals surface area contributed by atoms with Crippen LogP contribution in [-0.2, 0) is 13.1 Å². The summed E-state index contributed by atoms with van der Waals surface area (Å²) in [5.74, 6) is 0. The SMILES string of the molecule is CCCn1c(Sc2ccc(Br)cc2CNC)n[nH]c1=O. The van der Waals surface area contributed by atoms with Crippen LogP contribution >= 0.6 is 27.7 Å². The van der Waals surface area contributed by atoms with Gasteiger partial charge in [-0.3, -0.25) is 4.57 Å². The molecular formula is C13H17BrN4OS. The number of nitrogens with one attached hydrogen (secondary N) is 2. The molecule has 0 fully saturated rings. The molecule has 0 amide bonds. The monoisotopic (exact) mass is 356 g/mol. The molecule has 0 aliphatic rings. The Labute approximate surface area is 130 Å². The van der Waals surface area contributed by atoms with E-state index in [1.165, 1.54) is 17.3 Å². The third-order valence-corrected chi connectivity index (χ3v) is 4.37. The topological polar surface area (TPSA) is 62.7 Å². The van der Waals surface area contributed by atoms with E-state index in [2.05, 4.69) is 37.5 Å². The second-order valence-electron chi connectivity index (χ2n) is 4.35. The zero-order valence-corrected chi connectivity index (χ0v) is 13.8. The largest absolute Gasteiger partial charge is 0.343 e. The molecule has 0 saturated heterocycles. The number of H-pyrrole nitrogens is 1. The average molecular weight is 357 g/mol. The van der Waals surface area contributed by atoms with Crippen LogP contribution < -0.4 is 11.0 Å². The smallest absolute Gasteiger partial charge is 0.316 e. The summed E-state index contributed by atoms with van der Waals surface area (Å²) >= 11 is 4.99. The van der Waals surface area contributed by atoms with Gasteiger partial charge in [-0.25, -0.2) is 9.89 Å². The van der Waals surface area contributed by atoms with Gasteiger partial charge in [0.25, 0.3) is 0 Å². The minimum Gasteiger partial charge on any atom is -0.316 e. The van der Waals surface area contributed by atoms with E-state index in [0.717, 1.165) is 22.3 Å². The van der Waals surface area contributed by atoms with Gasteiger partial charge >= 0.3 is 5.69 Å². The van der Waals surface area contributed by atoms with Crippen molar-refractivity contribution in [1.82, 2.24) is 20.1 Å². The molecule has 5 nitrogen and oxygen atoms in total. The first kappa shape index (κ1) is 15.3. The fourth-order valence-electron chi connectivity index (χ4n) is 1.88. The van der Waals surface area contributed by atoms with Gasteiger partial charge < -0.3 is 5.32 Å². The lowest BCUT2D eigenvalue weighted by molar-refractivity contribution is 0.603. The zero-order chi connectivity index (χ0) is 14.5. The second-order valence-corrected chi connectivity index (χ2v) is 6.27. The number of nitrogens with zero attached hydrogens (tertiary/aromatic N) is 2. The molecule has 7 heteroatoms. The van der Waals surface area contributed by atoms with Gasteiger partial charge in [0.2, 0.25) is 0 Å². The number of rotatable bonds is 6. The van der Waals surface area contributed by atoms with Crippen LogP contribution in [0, 0.1) is 0 Å². The second kappa shape index (κ2) is 7.10. The molecule has 0 unspecified atom stereocenters. The molecular weight excluding hydrogens is 340 g/mol. The van der Waals surface area contributed by atoms with Crippen LogP contribution in [0.4, 0.5) is 0 Å². The summed E-state index contributed by atoms with van der Waals surface area (Å²) in [4.78, 5) is 12.8. The summed E-state index contributed by atoms with van der Waals surface area (Å²) in [6, 6.07) is 6.11. The minimum absolute atomic E-state index is 0.151. The maximum atomic E-state index is 11.7. The standard InChI is InChI=1S/C13H17BrN4OS/c1-3-6-18-12(19)16-17-13(18)20-11-5-4-10(14)7-9(11)8-15-2/h4-5,7,15H,3,6,8H2,1-2H3,(H,16,19). The molecule has 0 radical (unpaired) electrons. The van der Waals surface area contributed by atoms with Crippen LogP contribution in [0.2, 0.25) is 0 Å². The summed E-state index contributed by atoms with van der Waals surface area (Å²) in [6.07, 6.45) is 0.900. The first-order chi connectivity index (χ1) is 9.65. The van der Waals surface area contributed by atoms with Crippen LogP contribution in [0.25, 0.3) is 0 Å². The lowest BCUT2D eigenvalue weighted by Crippen LogP contribution is -2.17. The molecule has 1 aromatic heterocycles. The third kappa shape index (κ3) is 3.53. The molecule has 2 aromatic rings. The van der Waals surface area contributed by atoms with Crippen LogP contribution in [0.5, 0.6) is 0 Å². The molecule has 20 heavy (non-hydrogen) atoms. The summed E-state index contributed by atoms with van der Waals surface area (Å²) in [7, 11) is 1.91. The number of hydrogen-bond acceptors (Lipinski definition) is 4. The van der Waals surface area contributed by atoms with Crippen molar-refractivity contribution >= 4 is 27.7 Å². The highest BCUT2D eigenvalue weighted by Crippen LogP contribution is 2.30. The highest BCUT2D eigenvalue weighted by molar-refractivity contribution is 9.10. The first-order valence-electron chi connectivity index (χ1n) is 6.41. The lowest BCUT2D eigenvalue weighted by Gasteiger charge is -2.09. The highest BCUT2D eigenvalue weighted by atomic mass is 79.9. The number of aromatic nitrogens is 3. The van der Waals surface area contributed by atoms with Crippen molar-refractivity contribution in [2.75, 3.05) is 7.05 Å². The first-order valence-corrected chi connectivity index (χ1v) is 8.02. The number of halogens is 1. The summed E-state index contributed by atoms with van der Waals surface area (Å²) < 4.78 is 2.72. The maximum Gasteiger partial charge on any atom is 0.343 e. The van der Waals surface area contributed by atoms with Gasteiger partial charge in [0.05, 0.1) is 0 Å². The van der Waals surface area contributed by atoms with Crippen molar-refractivity contribution in [3.63, 3.8) is 0 Å². The van der Waals surface area contributed by atoms with E-state index in [4.69, 9.17) is 0 Å². The minimum atomic E-state index is -0.151. The summed E-state index contributed by atoms with van der Waals surface area (Å²) in [5.41, 5.74) is 1.02. The molecule has 1 heterocycles. The molecule has 2 N–H and O–H groups in total. The van der Waals surface area contributed by atoms with E-state index in [0.29, 0.717) is 11.7 Å². The third-order valence-electron chi connectivity index (χ3n) is 2.76. The van der Waals surface area contributed by atoms with Crippen LogP contribution in [0.3, 0.4) is 0 Å². The molecule has 0 saturated carbocycles. The number of aromatic amines is 1. The number of benzene rings is 1. The van der Waals surface area contributed by atoms with Gasteiger partial charge in [0.15, 0.2) is 5.16 Å². The highest BCUT2D eigenvalue weighted by Gasteiger charge is 2.12. The molecule has 2 rings (SSSR count). The van der Waals surface area contributed by atoms with E-state index < -0.39 is 0 Å². The van der Waals surface area contributed by atoms with E-state index >= 15 is 0 Å². The predicted octanol–water partition coefficient (Wildman–Crippen LogP) is 2.61. The van der Waals surface area contributed by atoms with Gasteiger partial charge in [-0.05, 0) is 49.0 Å². The van der Waals surface area contributed by atoms with Crippen molar-refractivity contribution in [2.45, 2.75) is 36.5 Å². The Bertz CT molecular complexity index is 638. The van der Waals surface area contributed by atoms with Gasteiger partial charge in [0, 0.05) is 22.5 Å². The van der Waals surface area contributed by atoms with E-state index in [1.54, 1.807) is 4.57 Å². The Morgan fingerprint density at radius 3 is 3.00 bits per heavy atom. The lowest BCUT2D eigenvalue weighted by atomic mass is 10.2. The molecule has 108 valence electrons. The molecule has 0 aliphatic heterocycles. The average Bonchev–Trinajstić information content (AvgIpc) is 2.75. The Hall–Kier alpha value is -1.05. The van der Waals surface area contributed by atoms with Crippen molar-refractivity contribution in [3.8, 4) is 0 Å². The van der Waals surface area contributed by atoms with Gasteiger partial charge in [0.1, 0.15) is 0 Å². The van der Waals surface area contributed by atoms with Crippen LogP contribution in [0.15, 0.2) is 37.5 Å². The summed E-state index contributed by atoms with van der Waals surface area (Å²) in [5, 5.41) is 10.5.